The van der Waals surface area contributed by atoms with Gasteiger partial charge in [-0.2, -0.15) is 0 Å². The third-order valence-corrected chi connectivity index (χ3v) is 3.59. The van der Waals surface area contributed by atoms with Gasteiger partial charge in [-0.05, 0) is 31.9 Å². The molecule has 1 aromatic carbocycles. The first-order valence-corrected chi connectivity index (χ1v) is 6.65. The third-order valence-electron chi connectivity index (χ3n) is 3.36. The number of hydrogen-bond acceptors (Lipinski definition) is 4. The van der Waals surface area contributed by atoms with Crippen LogP contribution in [0, 0.1) is 10.1 Å². The van der Waals surface area contributed by atoms with E-state index in [1.165, 1.54) is 6.07 Å². The summed E-state index contributed by atoms with van der Waals surface area (Å²) < 4.78 is 5.66. The Hall–Kier alpha value is -1.17. The van der Waals surface area contributed by atoms with Crippen molar-refractivity contribution in [1.82, 2.24) is 5.32 Å². The highest BCUT2D eigenvalue weighted by molar-refractivity contribution is 6.30. The highest BCUT2D eigenvalue weighted by Crippen LogP contribution is 2.25. The lowest BCUT2D eigenvalue weighted by Crippen LogP contribution is -2.36. The highest BCUT2D eigenvalue weighted by Gasteiger charge is 2.29. The summed E-state index contributed by atoms with van der Waals surface area (Å²) in [4.78, 5) is 10.5. The summed E-state index contributed by atoms with van der Waals surface area (Å²) in [5, 5.41) is 14.6. The number of ether oxygens (including phenoxy) is 1. The van der Waals surface area contributed by atoms with Crippen LogP contribution in [-0.2, 0) is 11.3 Å². The number of halogens is 1. The minimum absolute atomic E-state index is 0.0532. The molecular weight excluding hydrogens is 268 g/mol. The van der Waals surface area contributed by atoms with Crippen molar-refractivity contribution in [1.29, 1.82) is 0 Å². The molecule has 2 rings (SSSR count). The zero-order valence-corrected chi connectivity index (χ0v) is 11.6. The maximum atomic E-state index is 11.0. The molecule has 1 aliphatic heterocycles. The van der Waals surface area contributed by atoms with Crippen LogP contribution < -0.4 is 5.32 Å². The molecule has 0 aromatic heterocycles. The first-order chi connectivity index (χ1) is 9.00. The van der Waals surface area contributed by atoms with E-state index in [0.717, 1.165) is 19.4 Å². The van der Waals surface area contributed by atoms with Crippen molar-refractivity contribution in [2.45, 2.75) is 31.9 Å². The second-order valence-corrected chi connectivity index (χ2v) is 5.47. The van der Waals surface area contributed by atoms with E-state index >= 15 is 0 Å². The van der Waals surface area contributed by atoms with Gasteiger partial charge in [0, 0.05) is 36.3 Å². The summed E-state index contributed by atoms with van der Waals surface area (Å²) in [6.07, 6.45) is 2.09. The second-order valence-electron chi connectivity index (χ2n) is 5.04. The quantitative estimate of drug-likeness (QED) is 0.667. The molecule has 5 nitrogen and oxygen atoms in total. The van der Waals surface area contributed by atoms with Crippen LogP contribution in [0.3, 0.4) is 0 Å². The maximum Gasteiger partial charge on any atom is 0.275 e. The molecule has 0 spiro atoms. The zero-order chi connectivity index (χ0) is 13.9. The van der Waals surface area contributed by atoms with Crippen LogP contribution in [0.4, 0.5) is 5.69 Å². The molecule has 19 heavy (non-hydrogen) atoms. The number of nitro benzene ring substituents is 1. The molecule has 1 N–H and O–H groups in total. The third kappa shape index (κ3) is 3.65. The fourth-order valence-corrected chi connectivity index (χ4v) is 2.46. The summed E-state index contributed by atoms with van der Waals surface area (Å²) in [6.45, 7) is 3.97. The van der Waals surface area contributed by atoms with E-state index in [0.29, 0.717) is 23.7 Å². The van der Waals surface area contributed by atoms with E-state index in [-0.39, 0.29) is 11.3 Å². The summed E-state index contributed by atoms with van der Waals surface area (Å²) in [5.41, 5.74) is 0.537. The molecule has 1 heterocycles. The maximum absolute atomic E-state index is 11.0. The van der Waals surface area contributed by atoms with E-state index < -0.39 is 4.92 Å². The SMILES string of the molecule is CC1(CNCc2ccc(Cl)cc2[N+](=O)[O-])CCCO1. The minimum atomic E-state index is -0.406. The number of benzene rings is 1. The summed E-state index contributed by atoms with van der Waals surface area (Å²) in [5.74, 6) is 0. The summed E-state index contributed by atoms with van der Waals surface area (Å²) in [6, 6.07) is 4.73. The average Bonchev–Trinajstić information content (AvgIpc) is 2.78. The molecule has 1 aromatic rings. The summed E-state index contributed by atoms with van der Waals surface area (Å²) in [7, 11) is 0. The van der Waals surface area contributed by atoms with Gasteiger partial charge in [0.05, 0.1) is 10.5 Å². The monoisotopic (exact) mass is 284 g/mol. The van der Waals surface area contributed by atoms with Crippen LogP contribution in [0.2, 0.25) is 5.02 Å². The van der Waals surface area contributed by atoms with Crippen LogP contribution in [-0.4, -0.2) is 23.7 Å². The van der Waals surface area contributed by atoms with Crippen molar-refractivity contribution in [3.8, 4) is 0 Å². The Balaban J connectivity index is 1.97. The van der Waals surface area contributed by atoms with Crippen LogP contribution in [0.15, 0.2) is 18.2 Å². The Labute approximate surface area is 117 Å². The van der Waals surface area contributed by atoms with Gasteiger partial charge in [0.15, 0.2) is 0 Å². The number of hydrogen-bond donors (Lipinski definition) is 1. The van der Waals surface area contributed by atoms with E-state index in [2.05, 4.69) is 12.2 Å². The molecule has 1 aliphatic rings. The van der Waals surface area contributed by atoms with Crippen LogP contribution in [0.25, 0.3) is 0 Å². The molecule has 0 saturated carbocycles. The molecule has 0 radical (unpaired) electrons. The Morgan fingerprint density at radius 1 is 1.58 bits per heavy atom. The van der Waals surface area contributed by atoms with Crippen molar-refractivity contribution in [2.75, 3.05) is 13.2 Å². The van der Waals surface area contributed by atoms with Crippen molar-refractivity contribution >= 4 is 17.3 Å². The molecule has 1 fully saturated rings. The number of nitrogens with one attached hydrogen (secondary N) is 1. The standard InChI is InChI=1S/C13H17ClN2O3/c1-13(5-2-6-19-13)9-15-8-10-3-4-11(14)7-12(10)16(17)18/h3-4,7,15H,2,5-6,8-9H2,1H3. The van der Waals surface area contributed by atoms with E-state index in [1.54, 1.807) is 12.1 Å². The van der Waals surface area contributed by atoms with Gasteiger partial charge in [-0.1, -0.05) is 11.6 Å². The molecule has 0 bridgehead atoms. The summed E-state index contributed by atoms with van der Waals surface area (Å²) >= 11 is 5.78. The fraction of sp³-hybridized carbons (Fsp3) is 0.538. The topological polar surface area (TPSA) is 64.4 Å². The first kappa shape index (κ1) is 14.2. The Morgan fingerprint density at radius 3 is 3.00 bits per heavy atom. The lowest BCUT2D eigenvalue weighted by molar-refractivity contribution is -0.385. The van der Waals surface area contributed by atoms with Crippen LogP contribution >= 0.6 is 11.6 Å². The smallest absolute Gasteiger partial charge is 0.275 e. The van der Waals surface area contributed by atoms with Crippen molar-refractivity contribution in [3.63, 3.8) is 0 Å². The van der Waals surface area contributed by atoms with Crippen molar-refractivity contribution in [2.24, 2.45) is 0 Å². The molecule has 6 heteroatoms. The van der Waals surface area contributed by atoms with E-state index in [9.17, 15) is 10.1 Å². The molecule has 104 valence electrons. The van der Waals surface area contributed by atoms with Gasteiger partial charge in [-0.25, -0.2) is 0 Å². The van der Waals surface area contributed by atoms with Crippen LogP contribution in [0.5, 0.6) is 0 Å². The molecule has 1 atom stereocenters. The normalized spacial score (nSPS) is 22.6. The van der Waals surface area contributed by atoms with Crippen LogP contribution in [0.1, 0.15) is 25.3 Å². The Morgan fingerprint density at radius 2 is 2.37 bits per heavy atom. The second kappa shape index (κ2) is 5.86. The molecule has 0 amide bonds. The fourth-order valence-electron chi connectivity index (χ4n) is 2.29. The van der Waals surface area contributed by atoms with Gasteiger partial charge in [-0.15, -0.1) is 0 Å². The Bertz CT molecular complexity index is 473. The van der Waals surface area contributed by atoms with Crippen molar-refractivity contribution < 1.29 is 9.66 Å². The molecule has 0 aliphatic carbocycles. The van der Waals surface area contributed by atoms with Gasteiger partial charge in [-0.3, -0.25) is 10.1 Å². The Kier molecular flexibility index (Phi) is 4.39. The lowest BCUT2D eigenvalue weighted by Gasteiger charge is -2.23. The first-order valence-electron chi connectivity index (χ1n) is 6.28. The molecule has 1 saturated heterocycles. The predicted molar refractivity (Wildman–Crippen MR) is 73.4 cm³/mol. The van der Waals surface area contributed by atoms with Gasteiger partial charge >= 0.3 is 0 Å². The highest BCUT2D eigenvalue weighted by atomic mass is 35.5. The largest absolute Gasteiger partial charge is 0.374 e. The average molecular weight is 285 g/mol. The zero-order valence-electron chi connectivity index (χ0n) is 10.8. The van der Waals surface area contributed by atoms with Gasteiger partial charge in [0.2, 0.25) is 0 Å². The van der Waals surface area contributed by atoms with Gasteiger partial charge in [0.1, 0.15) is 0 Å². The molecule has 1 unspecified atom stereocenters. The molecular formula is C13H17ClN2O3. The predicted octanol–water partition coefficient (Wildman–Crippen LogP) is 2.91. The lowest BCUT2D eigenvalue weighted by atomic mass is 10.0. The van der Waals surface area contributed by atoms with Crippen molar-refractivity contribution in [3.05, 3.63) is 38.9 Å². The number of nitro groups is 1. The number of nitrogens with zero attached hydrogens (tertiary/aromatic N) is 1. The van der Waals surface area contributed by atoms with E-state index in [4.69, 9.17) is 16.3 Å². The van der Waals surface area contributed by atoms with Gasteiger partial charge in [0.25, 0.3) is 5.69 Å². The van der Waals surface area contributed by atoms with E-state index in [1.807, 2.05) is 0 Å². The number of rotatable bonds is 5. The minimum Gasteiger partial charge on any atom is -0.374 e. The van der Waals surface area contributed by atoms with Gasteiger partial charge < -0.3 is 10.1 Å².